The Morgan fingerprint density at radius 1 is 1.50 bits per heavy atom. The third-order valence-corrected chi connectivity index (χ3v) is 2.68. The maximum atomic E-state index is 6.07. The summed E-state index contributed by atoms with van der Waals surface area (Å²) < 4.78 is 0. The van der Waals surface area contributed by atoms with Gasteiger partial charge in [0.2, 0.25) is 0 Å². The molecule has 1 aliphatic rings. The van der Waals surface area contributed by atoms with Crippen LogP contribution in [0.2, 0.25) is 5.02 Å². The Balaban J connectivity index is 2.16. The molecular formula is C10H12ClN3. The van der Waals surface area contributed by atoms with Gasteiger partial charge in [-0.3, -0.25) is 0 Å². The van der Waals surface area contributed by atoms with Crippen molar-refractivity contribution in [2.24, 2.45) is 10.8 Å². The van der Waals surface area contributed by atoms with E-state index in [4.69, 9.17) is 17.3 Å². The maximum absolute atomic E-state index is 6.07. The van der Waals surface area contributed by atoms with E-state index >= 15 is 0 Å². The molecule has 0 fully saturated rings. The average molecular weight is 210 g/mol. The molecule has 1 unspecified atom stereocenters. The highest BCUT2D eigenvalue weighted by Crippen LogP contribution is 2.27. The van der Waals surface area contributed by atoms with Crippen LogP contribution in [0.25, 0.3) is 0 Å². The fraction of sp³-hybridized carbons (Fsp3) is 0.300. The van der Waals surface area contributed by atoms with Crippen molar-refractivity contribution in [3.8, 4) is 0 Å². The molecule has 3 N–H and O–H groups in total. The van der Waals surface area contributed by atoms with Gasteiger partial charge < -0.3 is 11.2 Å². The van der Waals surface area contributed by atoms with Gasteiger partial charge in [-0.1, -0.05) is 29.8 Å². The van der Waals surface area contributed by atoms with Gasteiger partial charge in [0.05, 0.1) is 11.8 Å². The Hall–Kier alpha value is -1.06. The van der Waals surface area contributed by atoms with Crippen molar-refractivity contribution >= 4 is 17.3 Å². The van der Waals surface area contributed by atoms with Crippen LogP contribution in [0.4, 0.5) is 0 Å². The van der Waals surface area contributed by atoms with E-state index in [0.717, 1.165) is 22.7 Å². The normalized spacial score (nSPS) is 20.4. The third kappa shape index (κ3) is 1.74. The summed E-state index contributed by atoms with van der Waals surface area (Å²) >= 11 is 6.07. The van der Waals surface area contributed by atoms with Gasteiger partial charge >= 0.3 is 0 Å². The van der Waals surface area contributed by atoms with Crippen LogP contribution in [-0.2, 0) is 0 Å². The number of nitrogens with two attached hydrogens (primary N) is 1. The van der Waals surface area contributed by atoms with E-state index in [1.54, 1.807) is 0 Å². The minimum absolute atomic E-state index is 0.183. The zero-order valence-corrected chi connectivity index (χ0v) is 8.46. The highest BCUT2D eigenvalue weighted by atomic mass is 35.5. The first-order valence-corrected chi connectivity index (χ1v) is 4.94. The van der Waals surface area contributed by atoms with Crippen molar-refractivity contribution in [1.82, 2.24) is 5.43 Å². The van der Waals surface area contributed by atoms with Gasteiger partial charge in [0.1, 0.15) is 0 Å². The molecule has 0 saturated carbocycles. The molecule has 0 aromatic heterocycles. The van der Waals surface area contributed by atoms with Crippen LogP contribution in [0.3, 0.4) is 0 Å². The van der Waals surface area contributed by atoms with Gasteiger partial charge in [0.15, 0.2) is 0 Å². The van der Waals surface area contributed by atoms with Crippen LogP contribution < -0.4 is 11.2 Å². The molecule has 2 rings (SSSR count). The van der Waals surface area contributed by atoms with Gasteiger partial charge in [0.25, 0.3) is 0 Å². The summed E-state index contributed by atoms with van der Waals surface area (Å²) in [5.41, 5.74) is 10.6. The standard InChI is InChI=1S/C10H12ClN3/c11-9-4-2-1-3-8(9)10-5-7(6-12)13-14-10/h1-4,10,14H,5-6,12H2. The molecule has 1 heterocycles. The molecule has 1 aliphatic heterocycles. The Morgan fingerprint density at radius 2 is 2.29 bits per heavy atom. The van der Waals surface area contributed by atoms with Crippen LogP contribution in [-0.4, -0.2) is 12.3 Å². The average Bonchev–Trinajstić information content (AvgIpc) is 2.67. The van der Waals surface area contributed by atoms with Crippen LogP contribution in [0.1, 0.15) is 18.0 Å². The van der Waals surface area contributed by atoms with E-state index in [1.807, 2.05) is 24.3 Å². The number of benzene rings is 1. The number of nitrogens with zero attached hydrogens (tertiary/aromatic N) is 1. The largest absolute Gasteiger partial charge is 0.325 e. The Kier molecular flexibility index (Phi) is 2.70. The minimum Gasteiger partial charge on any atom is -0.325 e. The molecule has 1 atom stereocenters. The van der Waals surface area contributed by atoms with Crippen LogP contribution in [0, 0.1) is 0 Å². The van der Waals surface area contributed by atoms with Gasteiger partial charge in [-0.05, 0) is 11.6 Å². The summed E-state index contributed by atoms with van der Waals surface area (Å²) in [5, 5.41) is 4.91. The number of hydrogen-bond acceptors (Lipinski definition) is 3. The first-order chi connectivity index (χ1) is 6.81. The van der Waals surface area contributed by atoms with Crippen LogP contribution >= 0.6 is 11.6 Å². The highest BCUT2D eigenvalue weighted by molar-refractivity contribution is 6.31. The Morgan fingerprint density at radius 3 is 2.93 bits per heavy atom. The molecular weight excluding hydrogens is 198 g/mol. The summed E-state index contributed by atoms with van der Waals surface area (Å²) in [6.45, 7) is 0.508. The van der Waals surface area contributed by atoms with E-state index in [1.165, 1.54) is 0 Å². The minimum atomic E-state index is 0.183. The molecule has 3 nitrogen and oxygen atoms in total. The molecule has 14 heavy (non-hydrogen) atoms. The second kappa shape index (κ2) is 3.98. The number of nitrogens with one attached hydrogen (secondary N) is 1. The number of rotatable bonds is 2. The molecule has 4 heteroatoms. The number of hydrogen-bond donors (Lipinski definition) is 2. The quantitative estimate of drug-likeness (QED) is 0.779. The lowest BCUT2D eigenvalue weighted by molar-refractivity contribution is 0.620. The molecule has 1 aromatic carbocycles. The summed E-state index contributed by atoms with van der Waals surface area (Å²) in [6, 6.07) is 7.98. The second-order valence-electron chi connectivity index (χ2n) is 3.29. The van der Waals surface area contributed by atoms with E-state index in [0.29, 0.717) is 6.54 Å². The summed E-state index contributed by atoms with van der Waals surface area (Å²) in [7, 11) is 0. The van der Waals surface area contributed by atoms with E-state index < -0.39 is 0 Å². The molecule has 0 amide bonds. The lowest BCUT2D eigenvalue weighted by Gasteiger charge is -2.11. The monoisotopic (exact) mass is 209 g/mol. The zero-order chi connectivity index (χ0) is 9.97. The zero-order valence-electron chi connectivity index (χ0n) is 7.70. The molecule has 0 radical (unpaired) electrons. The second-order valence-corrected chi connectivity index (χ2v) is 3.70. The first-order valence-electron chi connectivity index (χ1n) is 4.56. The van der Waals surface area contributed by atoms with Gasteiger partial charge in [-0.2, -0.15) is 5.10 Å². The van der Waals surface area contributed by atoms with Crippen molar-refractivity contribution in [3.05, 3.63) is 34.9 Å². The van der Waals surface area contributed by atoms with Gasteiger partial charge in [0, 0.05) is 18.0 Å². The number of halogens is 1. The van der Waals surface area contributed by atoms with E-state index in [-0.39, 0.29) is 6.04 Å². The van der Waals surface area contributed by atoms with E-state index in [9.17, 15) is 0 Å². The molecule has 0 bridgehead atoms. The molecule has 0 saturated heterocycles. The van der Waals surface area contributed by atoms with Crippen molar-refractivity contribution < 1.29 is 0 Å². The fourth-order valence-electron chi connectivity index (χ4n) is 1.56. The highest BCUT2D eigenvalue weighted by Gasteiger charge is 2.20. The van der Waals surface area contributed by atoms with E-state index in [2.05, 4.69) is 10.5 Å². The van der Waals surface area contributed by atoms with Gasteiger partial charge in [-0.15, -0.1) is 0 Å². The first kappa shape index (κ1) is 9.49. The van der Waals surface area contributed by atoms with Gasteiger partial charge in [-0.25, -0.2) is 0 Å². The molecule has 74 valence electrons. The topological polar surface area (TPSA) is 50.4 Å². The van der Waals surface area contributed by atoms with Crippen molar-refractivity contribution in [1.29, 1.82) is 0 Å². The van der Waals surface area contributed by atoms with Crippen molar-refractivity contribution in [3.63, 3.8) is 0 Å². The SMILES string of the molecule is NCC1=NNC(c2ccccc2Cl)C1. The maximum Gasteiger partial charge on any atom is 0.0757 e. The summed E-state index contributed by atoms with van der Waals surface area (Å²) in [5.74, 6) is 0. The molecule has 0 aliphatic carbocycles. The van der Waals surface area contributed by atoms with Crippen LogP contribution in [0.15, 0.2) is 29.4 Å². The Bertz CT molecular complexity index is 362. The molecule has 0 spiro atoms. The Labute approximate surface area is 87.9 Å². The summed E-state index contributed by atoms with van der Waals surface area (Å²) in [6.07, 6.45) is 0.847. The van der Waals surface area contributed by atoms with Crippen molar-refractivity contribution in [2.45, 2.75) is 12.5 Å². The van der Waals surface area contributed by atoms with Crippen molar-refractivity contribution in [2.75, 3.05) is 6.54 Å². The summed E-state index contributed by atoms with van der Waals surface area (Å²) in [4.78, 5) is 0. The fourth-order valence-corrected chi connectivity index (χ4v) is 1.83. The number of hydrazone groups is 1. The van der Waals surface area contributed by atoms with Crippen LogP contribution in [0.5, 0.6) is 0 Å². The smallest absolute Gasteiger partial charge is 0.0757 e. The molecule has 1 aromatic rings. The third-order valence-electron chi connectivity index (χ3n) is 2.33. The predicted molar refractivity (Wildman–Crippen MR) is 58.4 cm³/mol. The lowest BCUT2D eigenvalue weighted by atomic mass is 10.0. The predicted octanol–water partition coefficient (Wildman–Crippen LogP) is 1.69. The lowest BCUT2D eigenvalue weighted by Crippen LogP contribution is -2.13.